The fourth-order valence-corrected chi connectivity index (χ4v) is 5.54. The maximum atomic E-state index is 13.4. The van der Waals surface area contributed by atoms with Crippen LogP contribution in [-0.2, 0) is 10.0 Å². The topological polar surface area (TPSA) is 98.0 Å². The van der Waals surface area contributed by atoms with E-state index in [1.54, 1.807) is 61.8 Å². The van der Waals surface area contributed by atoms with Crippen molar-refractivity contribution in [1.29, 1.82) is 0 Å². The molecule has 176 valence electrons. The van der Waals surface area contributed by atoms with Gasteiger partial charge in [-0.05, 0) is 49.4 Å². The van der Waals surface area contributed by atoms with Crippen molar-refractivity contribution in [2.45, 2.75) is 18.7 Å². The Bertz CT molecular complexity index is 1230. The second-order valence-corrected chi connectivity index (χ2v) is 9.71. The second kappa shape index (κ2) is 9.50. The van der Waals surface area contributed by atoms with E-state index in [4.69, 9.17) is 13.9 Å². The fourth-order valence-electron chi connectivity index (χ4n) is 3.86. The van der Waals surface area contributed by atoms with E-state index < -0.39 is 10.0 Å². The Kier molecular flexibility index (Phi) is 6.68. The third-order valence-electron chi connectivity index (χ3n) is 5.89. The van der Waals surface area contributed by atoms with Gasteiger partial charge in [0.05, 0.1) is 19.1 Å². The molecule has 0 atom stereocenters. The van der Waals surface area contributed by atoms with E-state index in [0.717, 1.165) is 19.6 Å². The summed E-state index contributed by atoms with van der Waals surface area (Å²) in [6.45, 7) is 7.20. The van der Waals surface area contributed by atoms with Crippen LogP contribution in [0.2, 0.25) is 0 Å². The number of aromatic nitrogens is 2. The molecule has 1 saturated heterocycles. The van der Waals surface area contributed by atoms with Crippen LogP contribution in [0.5, 0.6) is 11.5 Å². The molecule has 1 aliphatic rings. The molecule has 4 rings (SSSR count). The van der Waals surface area contributed by atoms with Gasteiger partial charge in [0.1, 0.15) is 0 Å². The number of piperazine rings is 1. The summed E-state index contributed by atoms with van der Waals surface area (Å²) in [5.41, 5.74) is 1.89. The second-order valence-electron chi connectivity index (χ2n) is 7.80. The van der Waals surface area contributed by atoms with Crippen LogP contribution >= 0.6 is 0 Å². The summed E-state index contributed by atoms with van der Waals surface area (Å²) >= 11 is 0. The molecule has 9 nitrogen and oxygen atoms in total. The van der Waals surface area contributed by atoms with Crippen LogP contribution in [0, 0.1) is 6.92 Å². The normalized spacial score (nSPS) is 15.5. The molecule has 1 aliphatic heterocycles. The molecule has 2 aromatic carbocycles. The zero-order chi connectivity index (χ0) is 23.6. The number of nitrogens with zero attached hydrogens (tertiary/aromatic N) is 4. The summed E-state index contributed by atoms with van der Waals surface area (Å²) < 4.78 is 44.7. The van der Waals surface area contributed by atoms with Gasteiger partial charge in [0.2, 0.25) is 21.8 Å². The molecule has 33 heavy (non-hydrogen) atoms. The molecule has 2 heterocycles. The van der Waals surface area contributed by atoms with E-state index >= 15 is 0 Å². The predicted molar refractivity (Wildman–Crippen MR) is 124 cm³/mol. The number of hydrogen-bond acceptors (Lipinski definition) is 8. The lowest BCUT2D eigenvalue weighted by Gasteiger charge is -2.33. The molecular formula is C23H28N4O5S. The molecular weight excluding hydrogens is 444 g/mol. The van der Waals surface area contributed by atoms with Gasteiger partial charge in [-0.25, -0.2) is 8.42 Å². The number of benzene rings is 2. The van der Waals surface area contributed by atoms with Crippen LogP contribution in [0.1, 0.15) is 12.5 Å². The summed E-state index contributed by atoms with van der Waals surface area (Å²) in [5, 5.41) is 8.28. The molecule has 10 heteroatoms. The number of sulfonamides is 1. The lowest BCUT2D eigenvalue weighted by atomic mass is 10.1. The quantitative estimate of drug-likeness (QED) is 0.518. The lowest BCUT2D eigenvalue weighted by Crippen LogP contribution is -2.48. The number of aryl methyl sites for hydroxylation is 1. The number of ether oxygens (including phenoxy) is 2. The number of methoxy groups -OCH3 is 2. The van der Waals surface area contributed by atoms with Gasteiger partial charge in [0.25, 0.3) is 0 Å². The van der Waals surface area contributed by atoms with Gasteiger partial charge >= 0.3 is 0 Å². The van der Waals surface area contributed by atoms with Crippen molar-refractivity contribution in [2.24, 2.45) is 0 Å². The van der Waals surface area contributed by atoms with Gasteiger partial charge in [-0.2, -0.15) is 4.31 Å². The minimum atomic E-state index is -3.63. The Hall–Kier alpha value is -2.95. The Labute approximate surface area is 194 Å². The van der Waals surface area contributed by atoms with Gasteiger partial charge in [0.15, 0.2) is 11.5 Å². The van der Waals surface area contributed by atoms with Gasteiger partial charge in [-0.3, -0.25) is 0 Å². The first kappa shape index (κ1) is 23.2. The highest BCUT2D eigenvalue weighted by molar-refractivity contribution is 7.89. The van der Waals surface area contributed by atoms with Gasteiger partial charge in [0, 0.05) is 37.3 Å². The Morgan fingerprint density at radius 3 is 2.12 bits per heavy atom. The van der Waals surface area contributed by atoms with E-state index in [1.165, 1.54) is 0 Å². The third-order valence-corrected chi connectivity index (χ3v) is 7.93. The molecule has 0 spiro atoms. The molecule has 0 radical (unpaired) electrons. The number of rotatable bonds is 7. The lowest BCUT2D eigenvalue weighted by molar-refractivity contribution is 0.196. The predicted octanol–water partition coefficient (Wildman–Crippen LogP) is 3.06. The van der Waals surface area contributed by atoms with Gasteiger partial charge < -0.3 is 18.8 Å². The third kappa shape index (κ3) is 4.59. The first-order chi connectivity index (χ1) is 15.9. The smallest absolute Gasteiger partial charge is 0.248 e. The van der Waals surface area contributed by atoms with Gasteiger partial charge in [-0.15, -0.1) is 10.2 Å². The summed E-state index contributed by atoms with van der Waals surface area (Å²) in [6.07, 6.45) is 0. The summed E-state index contributed by atoms with van der Waals surface area (Å²) in [6, 6.07) is 10.5. The standard InChI is InChI=1S/C23H28N4O5S/c1-5-26-10-12-27(13-11-26)33(28,29)21-15-18(7-6-16(21)2)23-25-24-22(32-23)17-8-9-19(30-3)20(14-17)31-4/h6-9,14-15H,5,10-13H2,1-4H3. The minimum Gasteiger partial charge on any atom is -0.493 e. The van der Waals surface area contributed by atoms with Gasteiger partial charge in [-0.1, -0.05) is 13.0 Å². The first-order valence-electron chi connectivity index (χ1n) is 10.8. The highest BCUT2D eigenvalue weighted by Gasteiger charge is 2.30. The average Bonchev–Trinajstić information content (AvgIpc) is 3.34. The zero-order valence-corrected chi connectivity index (χ0v) is 20.1. The summed E-state index contributed by atoms with van der Waals surface area (Å²) in [4.78, 5) is 2.50. The largest absolute Gasteiger partial charge is 0.493 e. The van der Waals surface area contributed by atoms with Crippen molar-refractivity contribution in [2.75, 3.05) is 46.9 Å². The molecule has 0 bridgehead atoms. The minimum absolute atomic E-state index is 0.243. The van der Waals surface area contributed by atoms with Crippen LogP contribution in [-0.4, -0.2) is 74.8 Å². The monoisotopic (exact) mass is 472 g/mol. The van der Waals surface area contributed by atoms with Crippen molar-refractivity contribution < 1.29 is 22.3 Å². The molecule has 1 aromatic heterocycles. The fraction of sp³-hybridized carbons (Fsp3) is 0.391. The van der Waals surface area contributed by atoms with Crippen molar-refractivity contribution in [3.63, 3.8) is 0 Å². The highest BCUT2D eigenvalue weighted by Crippen LogP contribution is 2.33. The number of likely N-dealkylation sites (N-methyl/N-ethyl adjacent to an activating group) is 1. The summed E-state index contributed by atoms with van der Waals surface area (Å²) in [5.74, 6) is 1.68. The van der Waals surface area contributed by atoms with Crippen LogP contribution in [0.4, 0.5) is 0 Å². The van der Waals surface area contributed by atoms with E-state index in [1.807, 2.05) is 0 Å². The SMILES string of the molecule is CCN1CCN(S(=O)(=O)c2cc(-c3nnc(-c4ccc(OC)c(OC)c4)o3)ccc2C)CC1. The highest BCUT2D eigenvalue weighted by atomic mass is 32.2. The van der Waals surface area contributed by atoms with Crippen molar-refractivity contribution in [1.82, 2.24) is 19.4 Å². The molecule has 1 fully saturated rings. The van der Waals surface area contributed by atoms with E-state index in [0.29, 0.717) is 47.2 Å². The molecule has 3 aromatic rings. The molecule has 0 amide bonds. The van der Waals surface area contributed by atoms with E-state index in [9.17, 15) is 8.42 Å². The number of hydrogen-bond donors (Lipinski definition) is 0. The molecule has 0 unspecified atom stereocenters. The zero-order valence-electron chi connectivity index (χ0n) is 19.2. The maximum absolute atomic E-state index is 13.4. The summed E-state index contributed by atoms with van der Waals surface area (Å²) in [7, 11) is -0.513. The van der Waals surface area contributed by atoms with Crippen LogP contribution in [0.3, 0.4) is 0 Å². The van der Waals surface area contributed by atoms with Crippen LogP contribution in [0.15, 0.2) is 45.7 Å². The Morgan fingerprint density at radius 1 is 0.909 bits per heavy atom. The molecule has 0 saturated carbocycles. The van der Waals surface area contributed by atoms with Crippen LogP contribution in [0.25, 0.3) is 22.9 Å². The van der Waals surface area contributed by atoms with E-state index in [-0.39, 0.29) is 10.8 Å². The Balaban J connectivity index is 1.63. The van der Waals surface area contributed by atoms with Crippen molar-refractivity contribution >= 4 is 10.0 Å². The first-order valence-corrected chi connectivity index (χ1v) is 12.2. The van der Waals surface area contributed by atoms with E-state index in [2.05, 4.69) is 22.0 Å². The Morgan fingerprint density at radius 2 is 1.52 bits per heavy atom. The van der Waals surface area contributed by atoms with Crippen molar-refractivity contribution in [3.05, 3.63) is 42.0 Å². The molecule has 0 aliphatic carbocycles. The van der Waals surface area contributed by atoms with Crippen LogP contribution < -0.4 is 9.47 Å². The maximum Gasteiger partial charge on any atom is 0.248 e. The molecule has 0 N–H and O–H groups in total. The van der Waals surface area contributed by atoms with Crippen molar-refractivity contribution in [3.8, 4) is 34.4 Å². The average molecular weight is 473 g/mol.